The number of benzene rings is 1. The minimum absolute atomic E-state index is 0.509. The molecule has 2 aromatic rings. The molecular formula is C13H13BrN2O3. The minimum atomic E-state index is 0.509. The standard InChI is InChI=1S/C13H13BrN2O3/c1-18-11-4-3-9(5-12(11)19-2)6-16-8-15-13(14)10(16)7-17/h3-5,7-8H,6H2,1-2H3. The topological polar surface area (TPSA) is 53.4 Å². The third kappa shape index (κ3) is 2.78. The summed E-state index contributed by atoms with van der Waals surface area (Å²) >= 11 is 3.23. The molecule has 5 nitrogen and oxygen atoms in total. The van der Waals surface area contributed by atoms with Crippen LogP contribution in [-0.4, -0.2) is 30.1 Å². The smallest absolute Gasteiger partial charge is 0.169 e. The quantitative estimate of drug-likeness (QED) is 0.793. The maximum absolute atomic E-state index is 11.0. The Hall–Kier alpha value is -1.82. The average Bonchev–Trinajstić information content (AvgIpc) is 2.78. The molecule has 0 N–H and O–H groups in total. The maximum atomic E-state index is 11.0. The number of rotatable bonds is 5. The van der Waals surface area contributed by atoms with Crippen LogP contribution < -0.4 is 9.47 Å². The summed E-state index contributed by atoms with van der Waals surface area (Å²) in [5.74, 6) is 1.33. The molecule has 0 saturated carbocycles. The van der Waals surface area contributed by atoms with Gasteiger partial charge in [-0.2, -0.15) is 0 Å². The molecule has 0 aliphatic carbocycles. The molecule has 2 rings (SSSR count). The Balaban J connectivity index is 2.30. The number of hydrogen-bond acceptors (Lipinski definition) is 4. The number of hydrogen-bond donors (Lipinski definition) is 0. The van der Waals surface area contributed by atoms with Crippen molar-refractivity contribution in [1.82, 2.24) is 9.55 Å². The molecule has 0 unspecified atom stereocenters. The summed E-state index contributed by atoms with van der Waals surface area (Å²) in [4.78, 5) is 15.0. The molecule has 1 aromatic carbocycles. The van der Waals surface area contributed by atoms with Crippen molar-refractivity contribution in [1.29, 1.82) is 0 Å². The summed E-state index contributed by atoms with van der Waals surface area (Å²) in [6, 6.07) is 5.63. The lowest BCUT2D eigenvalue weighted by Gasteiger charge is -2.10. The van der Waals surface area contributed by atoms with Crippen molar-refractivity contribution < 1.29 is 14.3 Å². The zero-order chi connectivity index (χ0) is 13.8. The van der Waals surface area contributed by atoms with Gasteiger partial charge in [0.25, 0.3) is 0 Å². The van der Waals surface area contributed by atoms with Crippen LogP contribution in [0.3, 0.4) is 0 Å². The number of aromatic nitrogens is 2. The normalized spacial score (nSPS) is 10.3. The molecule has 0 aliphatic rings. The fraction of sp³-hybridized carbons (Fsp3) is 0.231. The molecule has 0 saturated heterocycles. The monoisotopic (exact) mass is 324 g/mol. The molecule has 0 bridgehead atoms. The first-order valence-corrected chi connectivity index (χ1v) is 6.35. The molecule has 1 heterocycles. The predicted octanol–water partition coefficient (Wildman–Crippen LogP) is 2.52. The molecule has 1 aromatic heterocycles. The molecule has 0 radical (unpaired) electrons. The van der Waals surface area contributed by atoms with Crippen molar-refractivity contribution in [3.8, 4) is 11.5 Å². The zero-order valence-corrected chi connectivity index (χ0v) is 12.2. The zero-order valence-electron chi connectivity index (χ0n) is 10.6. The Morgan fingerprint density at radius 2 is 2.05 bits per heavy atom. The number of methoxy groups -OCH3 is 2. The van der Waals surface area contributed by atoms with Gasteiger partial charge in [0.2, 0.25) is 0 Å². The number of imidazole rings is 1. The number of ether oxygens (including phenoxy) is 2. The van der Waals surface area contributed by atoms with E-state index in [1.165, 1.54) is 0 Å². The molecule has 0 fully saturated rings. The van der Waals surface area contributed by atoms with E-state index in [1.54, 1.807) is 25.1 Å². The Morgan fingerprint density at radius 1 is 1.32 bits per heavy atom. The van der Waals surface area contributed by atoms with Gasteiger partial charge in [0.1, 0.15) is 10.3 Å². The molecule has 0 amide bonds. The lowest BCUT2D eigenvalue weighted by atomic mass is 10.2. The van der Waals surface area contributed by atoms with Gasteiger partial charge in [0, 0.05) is 6.54 Å². The van der Waals surface area contributed by atoms with Crippen molar-refractivity contribution in [3.63, 3.8) is 0 Å². The first kappa shape index (κ1) is 13.6. The maximum Gasteiger partial charge on any atom is 0.169 e. The van der Waals surface area contributed by atoms with Crippen LogP contribution in [0.5, 0.6) is 11.5 Å². The largest absolute Gasteiger partial charge is 0.493 e. The molecule has 6 heteroatoms. The fourth-order valence-electron chi connectivity index (χ4n) is 1.79. The van der Waals surface area contributed by atoms with Crippen molar-refractivity contribution in [3.05, 3.63) is 40.4 Å². The Kier molecular flexibility index (Phi) is 4.21. The second-order valence-electron chi connectivity index (χ2n) is 3.86. The van der Waals surface area contributed by atoms with E-state index in [4.69, 9.17) is 9.47 Å². The van der Waals surface area contributed by atoms with Crippen LogP contribution in [-0.2, 0) is 6.54 Å². The Labute approximate surface area is 119 Å². The van der Waals surface area contributed by atoms with Crippen molar-refractivity contribution >= 4 is 22.2 Å². The lowest BCUT2D eigenvalue weighted by Crippen LogP contribution is -2.03. The van der Waals surface area contributed by atoms with E-state index in [0.717, 1.165) is 11.8 Å². The van der Waals surface area contributed by atoms with Crippen LogP contribution >= 0.6 is 15.9 Å². The summed E-state index contributed by atoms with van der Waals surface area (Å²) < 4.78 is 12.7. The van der Waals surface area contributed by atoms with Crippen LogP contribution in [0.25, 0.3) is 0 Å². The van der Waals surface area contributed by atoms with E-state index in [1.807, 2.05) is 18.2 Å². The molecule has 0 aliphatic heterocycles. The summed E-state index contributed by atoms with van der Waals surface area (Å²) in [5, 5.41) is 0. The highest BCUT2D eigenvalue weighted by Crippen LogP contribution is 2.28. The first-order valence-electron chi connectivity index (χ1n) is 5.56. The Bertz CT molecular complexity index is 596. The van der Waals surface area contributed by atoms with E-state index >= 15 is 0 Å². The average molecular weight is 325 g/mol. The van der Waals surface area contributed by atoms with Gasteiger partial charge in [-0.3, -0.25) is 4.79 Å². The predicted molar refractivity (Wildman–Crippen MR) is 74.0 cm³/mol. The third-order valence-corrected chi connectivity index (χ3v) is 3.35. The fourth-order valence-corrected chi connectivity index (χ4v) is 2.20. The lowest BCUT2D eigenvalue weighted by molar-refractivity contribution is 0.111. The molecule has 19 heavy (non-hydrogen) atoms. The van der Waals surface area contributed by atoms with Gasteiger partial charge < -0.3 is 14.0 Å². The molecule has 0 atom stereocenters. The van der Waals surface area contributed by atoms with Gasteiger partial charge in [0.15, 0.2) is 17.8 Å². The molecule has 100 valence electrons. The highest BCUT2D eigenvalue weighted by molar-refractivity contribution is 9.10. The second kappa shape index (κ2) is 5.88. The van der Waals surface area contributed by atoms with Crippen LogP contribution in [0.1, 0.15) is 16.1 Å². The third-order valence-electron chi connectivity index (χ3n) is 2.74. The van der Waals surface area contributed by atoms with Gasteiger partial charge in [-0.1, -0.05) is 6.07 Å². The van der Waals surface area contributed by atoms with E-state index in [2.05, 4.69) is 20.9 Å². The number of carbonyl (C=O) groups excluding carboxylic acids is 1. The van der Waals surface area contributed by atoms with Gasteiger partial charge in [-0.05, 0) is 33.6 Å². The summed E-state index contributed by atoms with van der Waals surface area (Å²) in [7, 11) is 3.18. The van der Waals surface area contributed by atoms with Gasteiger partial charge >= 0.3 is 0 Å². The van der Waals surface area contributed by atoms with E-state index in [0.29, 0.717) is 28.3 Å². The van der Waals surface area contributed by atoms with E-state index in [-0.39, 0.29) is 0 Å². The minimum Gasteiger partial charge on any atom is -0.493 e. The molecule has 0 spiro atoms. The van der Waals surface area contributed by atoms with Crippen molar-refractivity contribution in [2.45, 2.75) is 6.54 Å². The summed E-state index contributed by atoms with van der Waals surface area (Å²) in [5.41, 5.74) is 1.50. The van der Waals surface area contributed by atoms with Crippen LogP contribution in [0.15, 0.2) is 29.1 Å². The van der Waals surface area contributed by atoms with E-state index < -0.39 is 0 Å². The number of halogens is 1. The van der Waals surface area contributed by atoms with Crippen LogP contribution in [0.2, 0.25) is 0 Å². The van der Waals surface area contributed by atoms with Crippen LogP contribution in [0.4, 0.5) is 0 Å². The number of carbonyl (C=O) groups is 1. The highest BCUT2D eigenvalue weighted by atomic mass is 79.9. The first-order chi connectivity index (χ1) is 9.19. The molecular weight excluding hydrogens is 312 g/mol. The SMILES string of the molecule is COc1ccc(Cn2cnc(Br)c2C=O)cc1OC. The Morgan fingerprint density at radius 3 is 2.68 bits per heavy atom. The number of nitrogens with zero attached hydrogens (tertiary/aromatic N) is 2. The number of aldehydes is 1. The van der Waals surface area contributed by atoms with Crippen LogP contribution in [0, 0.1) is 0 Å². The van der Waals surface area contributed by atoms with Gasteiger partial charge in [-0.25, -0.2) is 4.98 Å². The second-order valence-corrected chi connectivity index (χ2v) is 4.61. The highest BCUT2D eigenvalue weighted by Gasteiger charge is 2.09. The van der Waals surface area contributed by atoms with Crippen molar-refractivity contribution in [2.75, 3.05) is 14.2 Å². The summed E-state index contributed by atoms with van der Waals surface area (Å²) in [6.45, 7) is 0.535. The van der Waals surface area contributed by atoms with Gasteiger partial charge in [-0.15, -0.1) is 0 Å². The van der Waals surface area contributed by atoms with E-state index in [9.17, 15) is 4.79 Å². The van der Waals surface area contributed by atoms with Crippen molar-refractivity contribution in [2.24, 2.45) is 0 Å². The van der Waals surface area contributed by atoms with Gasteiger partial charge in [0.05, 0.1) is 20.5 Å². The summed E-state index contributed by atoms with van der Waals surface area (Å²) in [6.07, 6.45) is 2.39.